The minimum atomic E-state index is 0.487. The van der Waals surface area contributed by atoms with Crippen LogP contribution in [0.25, 0.3) is 0 Å². The average Bonchev–Trinajstić information content (AvgIpc) is 2.73. The molecule has 3 nitrogen and oxygen atoms in total. The smallest absolute Gasteiger partial charge is 0.0945 e. The zero-order valence-corrected chi connectivity index (χ0v) is 7.55. The van der Waals surface area contributed by atoms with Crippen LogP contribution in [0.2, 0.25) is 0 Å². The Balaban J connectivity index is 2.07. The maximum atomic E-state index is 5.40. The summed E-state index contributed by atoms with van der Waals surface area (Å²) >= 11 is 4.79. The van der Waals surface area contributed by atoms with Crippen molar-refractivity contribution in [3.8, 4) is 0 Å². The lowest BCUT2D eigenvalue weighted by molar-refractivity contribution is 0.725. The normalized spacial score (nSPS) is 16.3. The fourth-order valence-electron chi connectivity index (χ4n) is 1.25. The quantitative estimate of drug-likeness (QED) is 0.709. The van der Waals surface area contributed by atoms with Crippen molar-refractivity contribution in [2.45, 2.75) is 25.3 Å². The number of rotatable bonds is 3. The van der Waals surface area contributed by atoms with Gasteiger partial charge in [0, 0.05) is 6.20 Å². The molecule has 0 amide bonds. The SMILES string of the molecule is NC(=S)Cn1cc(C2CC2)cn1. The first-order valence-corrected chi connectivity index (χ1v) is 4.47. The summed E-state index contributed by atoms with van der Waals surface area (Å²) in [7, 11) is 0. The van der Waals surface area contributed by atoms with E-state index in [1.165, 1.54) is 18.4 Å². The summed E-state index contributed by atoms with van der Waals surface area (Å²) in [4.78, 5) is 0.487. The van der Waals surface area contributed by atoms with Gasteiger partial charge in [-0.05, 0) is 24.3 Å². The Kier molecular flexibility index (Phi) is 1.84. The first kappa shape index (κ1) is 7.73. The fraction of sp³-hybridized carbons (Fsp3) is 0.500. The summed E-state index contributed by atoms with van der Waals surface area (Å²) in [5, 5.41) is 4.17. The van der Waals surface area contributed by atoms with Crippen LogP contribution < -0.4 is 5.73 Å². The van der Waals surface area contributed by atoms with Gasteiger partial charge in [0.1, 0.15) is 0 Å². The number of nitrogens with zero attached hydrogens (tertiary/aromatic N) is 2. The van der Waals surface area contributed by atoms with Crippen LogP contribution in [0.4, 0.5) is 0 Å². The topological polar surface area (TPSA) is 43.8 Å². The molecule has 2 N–H and O–H groups in total. The van der Waals surface area contributed by atoms with Gasteiger partial charge in [-0.1, -0.05) is 12.2 Å². The highest BCUT2D eigenvalue weighted by Gasteiger charge is 2.24. The molecule has 4 heteroatoms. The Labute approximate surface area is 76.6 Å². The van der Waals surface area contributed by atoms with E-state index < -0.39 is 0 Å². The molecule has 2 rings (SSSR count). The lowest BCUT2D eigenvalue weighted by atomic mass is 10.2. The molecule has 1 aromatic rings. The molecule has 64 valence electrons. The van der Waals surface area contributed by atoms with Gasteiger partial charge in [0.15, 0.2) is 0 Å². The predicted octanol–water partition coefficient (Wildman–Crippen LogP) is 1.05. The first-order chi connectivity index (χ1) is 5.75. The summed E-state index contributed by atoms with van der Waals surface area (Å²) in [6.07, 6.45) is 6.56. The molecule has 0 spiro atoms. The van der Waals surface area contributed by atoms with Crippen LogP contribution in [0.3, 0.4) is 0 Å². The highest BCUT2D eigenvalue weighted by Crippen LogP contribution is 2.39. The zero-order valence-electron chi connectivity index (χ0n) is 6.73. The molecule has 0 bridgehead atoms. The Bertz CT molecular complexity index is 301. The van der Waals surface area contributed by atoms with E-state index >= 15 is 0 Å². The van der Waals surface area contributed by atoms with Gasteiger partial charge in [-0.25, -0.2) is 0 Å². The third-order valence-electron chi connectivity index (χ3n) is 2.02. The van der Waals surface area contributed by atoms with Crippen LogP contribution in [-0.2, 0) is 6.54 Å². The summed E-state index contributed by atoms with van der Waals surface area (Å²) in [5.74, 6) is 0.755. The summed E-state index contributed by atoms with van der Waals surface area (Å²) in [6.45, 7) is 0.558. The number of hydrogen-bond acceptors (Lipinski definition) is 2. The third kappa shape index (κ3) is 1.64. The standard InChI is InChI=1S/C8H11N3S/c9-8(12)5-11-4-7(3-10-11)6-1-2-6/h3-4,6H,1-2,5H2,(H2,9,12). The van der Waals surface area contributed by atoms with Crippen molar-refractivity contribution in [2.24, 2.45) is 5.73 Å². The third-order valence-corrected chi connectivity index (χ3v) is 2.15. The lowest BCUT2D eigenvalue weighted by Gasteiger charge is -1.96. The molecule has 0 aromatic carbocycles. The second-order valence-corrected chi connectivity index (χ2v) is 3.74. The maximum Gasteiger partial charge on any atom is 0.0945 e. The Morgan fingerprint density at radius 2 is 2.50 bits per heavy atom. The van der Waals surface area contributed by atoms with E-state index in [4.69, 9.17) is 18.0 Å². The van der Waals surface area contributed by atoms with Crippen LogP contribution in [0.5, 0.6) is 0 Å². The summed E-state index contributed by atoms with van der Waals surface area (Å²) in [5.41, 5.74) is 6.72. The number of aromatic nitrogens is 2. The molecule has 1 aliphatic carbocycles. The van der Waals surface area contributed by atoms with Crippen molar-refractivity contribution in [3.05, 3.63) is 18.0 Å². The molecular weight excluding hydrogens is 170 g/mol. The lowest BCUT2D eigenvalue weighted by Crippen LogP contribution is -2.16. The molecule has 1 saturated carbocycles. The van der Waals surface area contributed by atoms with Crippen molar-refractivity contribution in [3.63, 3.8) is 0 Å². The molecule has 12 heavy (non-hydrogen) atoms. The van der Waals surface area contributed by atoms with Crippen LogP contribution >= 0.6 is 12.2 Å². The molecule has 1 heterocycles. The van der Waals surface area contributed by atoms with E-state index in [-0.39, 0.29) is 0 Å². The molecule has 0 unspecified atom stereocenters. The summed E-state index contributed by atoms with van der Waals surface area (Å²) in [6, 6.07) is 0. The van der Waals surface area contributed by atoms with E-state index in [1.54, 1.807) is 4.68 Å². The maximum absolute atomic E-state index is 5.40. The van der Waals surface area contributed by atoms with Crippen LogP contribution in [0.15, 0.2) is 12.4 Å². The molecule has 0 saturated heterocycles. The Morgan fingerprint density at radius 3 is 3.08 bits per heavy atom. The van der Waals surface area contributed by atoms with Crippen LogP contribution in [0.1, 0.15) is 24.3 Å². The number of thiocarbonyl (C=S) groups is 1. The number of hydrogen-bond donors (Lipinski definition) is 1. The van der Waals surface area contributed by atoms with Crippen LogP contribution in [-0.4, -0.2) is 14.8 Å². The molecule has 1 aliphatic rings. The monoisotopic (exact) mass is 181 g/mol. The van der Waals surface area contributed by atoms with Crippen molar-refractivity contribution < 1.29 is 0 Å². The van der Waals surface area contributed by atoms with E-state index in [2.05, 4.69) is 5.10 Å². The van der Waals surface area contributed by atoms with E-state index in [0.29, 0.717) is 11.5 Å². The van der Waals surface area contributed by atoms with E-state index in [1.807, 2.05) is 12.4 Å². The van der Waals surface area contributed by atoms with Gasteiger partial charge in [0.2, 0.25) is 0 Å². The Morgan fingerprint density at radius 1 is 1.75 bits per heavy atom. The average molecular weight is 181 g/mol. The molecule has 0 radical (unpaired) electrons. The zero-order chi connectivity index (χ0) is 8.55. The minimum absolute atomic E-state index is 0.487. The van der Waals surface area contributed by atoms with E-state index in [0.717, 1.165) is 5.92 Å². The molecule has 0 atom stereocenters. The molecular formula is C8H11N3S. The van der Waals surface area contributed by atoms with Crippen molar-refractivity contribution in [1.82, 2.24) is 9.78 Å². The van der Waals surface area contributed by atoms with Gasteiger partial charge in [-0.15, -0.1) is 0 Å². The Hall–Kier alpha value is -0.900. The van der Waals surface area contributed by atoms with Gasteiger partial charge in [-0.3, -0.25) is 4.68 Å². The predicted molar refractivity (Wildman–Crippen MR) is 51.0 cm³/mol. The largest absolute Gasteiger partial charge is 0.392 e. The first-order valence-electron chi connectivity index (χ1n) is 4.06. The second-order valence-electron chi connectivity index (χ2n) is 3.21. The highest BCUT2D eigenvalue weighted by atomic mass is 32.1. The van der Waals surface area contributed by atoms with Gasteiger partial charge in [0.25, 0.3) is 0 Å². The van der Waals surface area contributed by atoms with Gasteiger partial charge >= 0.3 is 0 Å². The molecule has 1 aromatic heterocycles. The van der Waals surface area contributed by atoms with Gasteiger partial charge in [0.05, 0.1) is 17.7 Å². The fourth-order valence-corrected chi connectivity index (χ4v) is 1.39. The van der Waals surface area contributed by atoms with Crippen molar-refractivity contribution in [1.29, 1.82) is 0 Å². The van der Waals surface area contributed by atoms with Crippen molar-refractivity contribution in [2.75, 3.05) is 0 Å². The van der Waals surface area contributed by atoms with Gasteiger partial charge < -0.3 is 5.73 Å². The summed E-state index contributed by atoms with van der Waals surface area (Å²) < 4.78 is 1.80. The molecule has 1 fully saturated rings. The second kappa shape index (κ2) is 2.86. The van der Waals surface area contributed by atoms with Crippen LogP contribution in [0, 0.1) is 0 Å². The van der Waals surface area contributed by atoms with E-state index in [9.17, 15) is 0 Å². The number of nitrogens with two attached hydrogens (primary N) is 1. The minimum Gasteiger partial charge on any atom is -0.392 e. The van der Waals surface area contributed by atoms with Crippen molar-refractivity contribution >= 4 is 17.2 Å². The highest BCUT2D eigenvalue weighted by molar-refractivity contribution is 7.80. The molecule has 0 aliphatic heterocycles. The van der Waals surface area contributed by atoms with Gasteiger partial charge in [-0.2, -0.15) is 5.10 Å².